The maximum atomic E-state index is 12.8. The molecule has 0 unspecified atom stereocenters. The van der Waals surface area contributed by atoms with Gasteiger partial charge in [0.2, 0.25) is 0 Å². The molecule has 2 aromatic rings. The normalized spacial score (nSPS) is 11.0. The molecule has 2 rings (SSSR count). The topological polar surface area (TPSA) is 75.6 Å². The van der Waals surface area contributed by atoms with Crippen LogP contribution in [0, 0.1) is 0 Å². The number of phenolic OH excluding ortho intramolecular Hbond substituents is 1. The fourth-order valence-corrected chi connectivity index (χ4v) is 1.88. The Bertz CT molecular complexity index is 759. The van der Waals surface area contributed by atoms with Crippen molar-refractivity contribution in [1.82, 2.24) is 0 Å². The molecule has 0 bridgehead atoms. The highest BCUT2D eigenvalue weighted by Crippen LogP contribution is 2.34. The lowest BCUT2D eigenvalue weighted by Gasteiger charge is -2.13. The van der Waals surface area contributed by atoms with E-state index in [0.717, 1.165) is 12.1 Å². The van der Waals surface area contributed by atoms with E-state index in [1.54, 1.807) is 0 Å². The number of benzene rings is 2. The molecule has 0 atom stereocenters. The second kappa shape index (κ2) is 7.03. The quantitative estimate of drug-likeness (QED) is 0.839. The standard InChI is InChI=1S/C16H12F3NO4/c17-16(18,19)11-6-2-3-7-12(11)20-14(22)9-24-15(23)10-5-1-4-8-13(10)21/h1-8,21H,9H2,(H,20,22). The van der Waals surface area contributed by atoms with Crippen molar-refractivity contribution in [2.24, 2.45) is 0 Å². The minimum absolute atomic E-state index is 0.152. The molecule has 0 saturated carbocycles. The van der Waals surface area contributed by atoms with Gasteiger partial charge in [0.25, 0.3) is 5.91 Å². The largest absolute Gasteiger partial charge is 0.507 e. The molecule has 0 aliphatic carbocycles. The summed E-state index contributed by atoms with van der Waals surface area (Å²) in [5.74, 6) is -2.23. The van der Waals surface area contributed by atoms with E-state index in [1.165, 1.54) is 36.4 Å². The summed E-state index contributed by atoms with van der Waals surface area (Å²) in [5, 5.41) is 11.5. The molecule has 5 nitrogen and oxygen atoms in total. The number of carbonyl (C=O) groups is 2. The summed E-state index contributed by atoms with van der Waals surface area (Å²) in [4.78, 5) is 23.4. The van der Waals surface area contributed by atoms with Gasteiger partial charge in [0.05, 0.1) is 11.3 Å². The molecular weight excluding hydrogens is 327 g/mol. The number of hydrogen-bond acceptors (Lipinski definition) is 4. The summed E-state index contributed by atoms with van der Waals surface area (Å²) in [6.07, 6.45) is -4.63. The first-order valence-corrected chi connectivity index (χ1v) is 6.70. The Labute approximate surface area is 134 Å². The number of halogens is 3. The zero-order chi connectivity index (χ0) is 17.7. The predicted molar refractivity (Wildman–Crippen MR) is 78.5 cm³/mol. The van der Waals surface area contributed by atoms with Crippen molar-refractivity contribution in [3.8, 4) is 5.75 Å². The average molecular weight is 339 g/mol. The van der Waals surface area contributed by atoms with Crippen LogP contribution in [0.5, 0.6) is 5.75 Å². The molecule has 2 N–H and O–H groups in total. The summed E-state index contributed by atoms with van der Waals surface area (Å²) < 4.78 is 43.1. The first kappa shape index (κ1) is 17.3. The third-order valence-electron chi connectivity index (χ3n) is 2.96. The third kappa shape index (κ3) is 4.25. The third-order valence-corrected chi connectivity index (χ3v) is 2.96. The summed E-state index contributed by atoms with van der Waals surface area (Å²) in [7, 11) is 0. The molecule has 0 heterocycles. The lowest BCUT2D eigenvalue weighted by Crippen LogP contribution is -2.22. The number of esters is 1. The Kier molecular flexibility index (Phi) is 5.08. The number of ether oxygens (including phenoxy) is 1. The van der Waals surface area contributed by atoms with Crippen LogP contribution < -0.4 is 5.32 Å². The zero-order valence-electron chi connectivity index (χ0n) is 12.1. The van der Waals surface area contributed by atoms with E-state index in [9.17, 15) is 27.9 Å². The average Bonchev–Trinajstić information content (AvgIpc) is 2.52. The Morgan fingerprint density at radius 2 is 1.67 bits per heavy atom. The number of rotatable bonds is 4. The van der Waals surface area contributed by atoms with Gasteiger partial charge in [-0.15, -0.1) is 0 Å². The Morgan fingerprint density at radius 1 is 1.04 bits per heavy atom. The number of phenols is 1. The van der Waals surface area contributed by atoms with E-state index >= 15 is 0 Å². The van der Waals surface area contributed by atoms with E-state index in [2.05, 4.69) is 4.74 Å². The second-order valence-electron chi connectivity index (χ2n) is 4.68. The van der Waals surface area contributed by atoms with Gasteiger partial charge < -0.3 is 15.2 Å². The molecule has 0 aromatic heterocycles. The van der Waals surface area contributed by atoms with E-state index in [0.29, 0.717) is 0 Å². The molecule has 8 heteroatoms. The molecule has 0 aliphatic rings. The number of para-hydroxylation sites is 2. The van der Waals surface area contributed by atoms with Crippen LogP contribution in [0.2, 0.25) is 0 Å². The van der Waals surface area contributed by atoms with Crippen molar-refractivity contribution < 1.29 is 32.6 Å². The Morgan fingerprint density at radius 3 is 2.33 bits per heavy atom. The van der Waals surface area contributed by atoms with Crippen molar-refractivity contribution in [2.75, 3.05) is 11.9 Å². The number of anilines is 1. The van der Waals surface area contributed by atoms with Crippen LogP contribution in [0.1, 0.15) is 15.9 Å². The number of nitrogens with one attached hydrogen (secondary N) is 1. The van der Waals surface area contributed by atoms with Crippen molar-refractivity contribution in [3.63, 3.8) is 0 Å². The van der Waals surface area contributed by atoms with E-state index in [4.69, 9.17) is 0 Å². The SMILES string of the molecule is O=C(COC(=O)c1ccccc1O)Nc1ccccc1C(F)(F)F. The fraction of sp³-hybridized carbons (Fsp3) is 0.125. The lowest BCUT2D eigenvalue weighted by molar-refractivity contribution is -0.137. The van der Waals surface area contributed by atoms with Crippen LogP contribution >= 0.6 is 0 Å². The summed E-state index contributed by atoms with van der Waals surface area (Å²) >= 11 is 0. The molecule has 0 aliphatic heterocycles. The minimum atomic E-state index is -4.63. The minimum Gasteiger partial charge on any atom is -0.507 e. The molecule has 0 radical (unpaired) electrons. The molecule has 0 saturated heterocycles. The van der Waals surface area contributed by atoms with E-state index in [1.807, 2.05) is 5.32 Å². The number of alkyl halides is 3. The van der Waals surface area contributed by atoms with Crippen molar-refractivity contribution in [2.45, 2.75) is 6.18 Å². The molecule has 1 amide bonds. The van der Waals surface area contributed by atoms with Gasteiger partial charge >= 0.3 is 12.1 Å². The highest BCUT2D eigenvalue weighted by atomic mass is 19.4. The Balaban J connectivity index is 2.00. The molecule has 126 valence electrons. The predicted octanol–water partition coefficient (Wildman–Crippen LogP) is 3.21. The highest BCUT2D eigenvalue weighted by molar-refractivity contribution is 5.97. The number of carbonyl (C=O) groups excluding carboxylic acids is 2. The summed E-state index contributed by atoms with van der Waals surface area (Å²) in [5.41, 5.74) is -1.60. The van der Waals surface area contributed by atoms with Crippen LogP contribution in [0.4, 0.5) is 18.9 Å². The molecular formula is C16H12F3NO4. The zero-order valence-corrected chi connectivity index (χ0v) is 12.1. The van der Waals surface area contributed by atoms with Crippen LogP contribution in [-0.4, -0.2) is 23.6 Å². The monoisotopic (exact) mass is 339 g/mol. The van der Waals surface area contributed by atoms with E-state index < -0.39 is 35.9 Å². The smallest absolute Gasteiger partial charge is 0.418 e. The van der Waals surface area contributed by atoms with Crippen LogP contribution in [0.25, 0.3) is 0 Å². The highest BCUT2D eigenvalue weighted by Gasteiger charge is 2.33. The summed E-state index contributed by atoms with van der Waals surface area (Å²) in [6.45, 7) is -0.792. The van der Waals surface area contributed by atoms with Gasteiger partial charge in [-0.3, -0.25) is 4.79 Å². The number of amides is 1. The first-order valence-electron chi connectivity index (χ1n) is 6.70. The number of hydrogen-bond donors (Lipinski definition) is 2. The van der Waals surface area contributed by atoms with Crippen LogP contribution in [0.3, 0.4) is 0 Å². The second-order valence-corrected chi connectivity index (χ2v) is 4.68. The maximum Gasteiger partial charge on any atom is 0.418 e. The first-order chi connectivity index (χ1) is 11.3. The maximum absolute atomic E-state index is 12.8. The molecule has 24 heavy (non-hydrogen) atoms. The van der Waals surface area contributed by atoms with E-state index in [-0.39, 0.29) is 11.3 Å². The summed E-state index contributed by atoms with van der Waals surface area (Å²) in [6, 6.07) is 9.96. The molecule has 0 fully saturated rings. The van der Waals surface area contributed by atoms with Gasteiger partial charge in [0.1, 0.15) is 11.3 Å². The fourth-order valence-electron chi connectivity index (χ4n) is 1.88. The van der Waals surface area contributed by atoms with Gasteiger partial charge in [-0.25, -0.2) is 4.79 Å². The number of aromatic hydroxyl groups is 1. The van der Waals surface area contributed by atoms with Crippen molar-refractivity contribution in [3.05, 3.63) is 59.7 Å². The van der Waals surface area contributed by atoms with Gasteiger partial charge in [-0.1, -0.05) is 24.3 Å². The van der Waals surface area contributed by atoms with Gasteiger partial charge in [-0.2, -0.15) is 13.2 Å². The van der Waals surface area contributed by atoms with Crippen molar-refractivity contribution in [1.29, 1.82) is 0 Å². The van der Waals surface area contributed by atoms with Gasteiger partial charge in [0.15, 0.2) is 6.61 Å². The van der Waals surface area contributed by atoms with Crippen LogP contribution in [-0.2, 0) is 15.7 Å². The van der Waals surface area contributed by atoms with Gasteiger partial charge in [-0.05, 0) is 24.3 Å². The Hall–Kier alpha value is -3.03. The molecule has 2 aromatic carbocycles. The van der Waals surface area contributed by atoms with Crippen LogP contribution in [0.15, 0.2) is 48.5 Å². The molecule has 0 spiro atoms. The van der Waals surface area contributed by atoms with Gasteiger partial charge in [0, 0.05) is 0 Å². The van der Waals surface area contributed by atoms with Crippen molar-refractivity contribution >= 4 is 17.6 Å². The lowest BCUT2D eigenvalue weighted by atomic mass is 10.1.